The summed E-state index contributed by atoms with van der Waals surface area (Å²) in [5.74, 6) is -0.166. The molecular formula is C9H15NO. The average Bonchev–Trinajstić information content (AvgIpc) is 1.95. The van der Waals surface area contributed by atoms with Gasteiger partial charge in [0.1, 0.15) is 0 Å². The molecule has 11 heavy (non-hydrogen) atoms. The molecule has 0 saturated heterocycles. The van der Waals surface area contributed by atoms with Crippen LogP contribution in [0.2, 0.25) is 0 Å². The summed E-state index contributed by atoms with van der Waals surface area (Å²) >= 11 is 0. The number of primary amides is 1. The maximum atomic E-state index is 11.0. The first-order valence-electron chi connectivity index (χ1n) is 4.00. The predicted molar refractivity (Wildman–Crippen MR) is 44.9 cm³/mol. The lowest BCUT2D eigenvalue weighted by Crippen LogP contribution is -2.35. The zero-order valence-electron chi connectivity index (χ0n) is 7.18. The molecule has 0 radical (unpaired) electrons. The maximum Gasteiger partial charge on any atom is 0.223 e. The standard InChI is InChI=1S/C9H15NO/c1-7-3-5-9(2,6-4-7)8(10)11/h3H,4-6H2,1-2H3,(H2,10,11). The molecule has 1 atom stereocenters. The van der Waals surface area contributed by atoms with Gasteiger partial charge in [0, 0.05) is 5.41 Å². The van der Waals surface area contributed by atoms with E-state index in [-0.39, 0.29) is 11.3 Å². The van der Waals surface area contributed by atoms with Gasteiger partial charge in [0.2, 0.25) is 5.91 Å². The highest BCUT2D eigenvalue weighted by Gasteiger charge is 2.31. The predicted octanol–water partition coefficient (Wildman–Crippen LogP) is 1.61. The molecule has 0 aromatic rings. The maximum absolute atomic E-state index is 11.0. The van der Waals surface area contributed by atoms with Crippen molar-refractivity contribution in [3.63, 3.8) is 0 Å². The van der Waals surface area contributed by atoms with Crippen LogP contribution in [0.15, 0.2) is 11.6 Å². The molecule has 0 fully saturated rings. The monoisotopic (exact) mass is 153 g/mol. The molecular weight excluding hydrogens is 138 g/mol. The summed E-state index contributed by atoms with van der Waals surface area (Å²) in [4.78, 5) is 11.0. The minimum atomic E-state index is -0.278. The Kier molecular flexibility index (Phi) is 2.03. The van der Waals surface area contributed by atoms with Gasteiger partial charge in [0.15, 0.2) is 0 Å². The fourth-order valence-electron chi connectivity index (χ4n) is 1.30. The molecule has 0 saturated carbocycles. The van der Waals surface area contributed by atoms with Gasteiger partial charge in [-0.25, -0.2) is 0 Å². The lowest BCUT2D eigenvalue weighted by atomic mass is 9.76. The van der Waals surface area contributed by atoms with Crippen LogP contribution in [0.25, 0.3) is 0 Å². The lowest BCUT2D eigenvalue weighted by molar-refractivity contribution is -0.127. The van der Waals surface area contributed by atoms with Crippen LogP contribution in [-0.4, -0.2) is 5.91 Å². The molecule has 1 rings (SSSR count). The van der Waals surface area contributed by atoms with E-state index in [9.17, 15) is 4.79 Å². The smallest absolute Gasteiger partial charge is 0.223 e. The molecule has 0 aliphatic heterocycles. The van der Waals surface area contributed by atoms with Crippen LogP contribution in [0.4, 0.5) is 0 Å². The van der Waals surface area contributed by atoms with E-state index in [4.69, 9.17) is 5.73 Å². The number of nitrogens with two attached hydrogens (primary N) is 1. The highest BCUT2D eigenvalue weighted by atomic mass is 16.1. The van der Waals surface area contributed by atoms with E-state index in [1.165, 1.54) is 5.57 Å². The van der Waals surface area contributed by atoms with Crippen LogP contribution in [0, 0.1) is 5.41 Å². The van der Waals surface area contributed by atoms with E-state index in [0.717, 1.165) is 19.3 Å². The van der Waals surface area contributed by atoms with E-state index >= 15 is 0 Å². The third kappa shape index (κ3) is 1.62. The van der Waals surface area contributed by atoms with Gasteiger partial charge in [-0.05, 0) is 26.2 Å². The summed E-state index contributed by atoms with van der Waals surface area (Å²) in [5.41, 5.74) is 6.38. The summed E-state index contributed by atoms with van der Waals surface area (Å²) in [6.07, 6.45) is 4.85. The lowest BCUT2D eigenvalue weighted by Gasteiger charge is -2.28. The van der Waals surface area contributed by atoms with Crippen molar-refractivity contribution in [3.8, 4) is 0 Å². The van der Waals surface area contributed by atoms with Crippen LogP contribution in [0.5, 0.6) is 0 Å². The SMILES string of the molecule is CC1=CCC(C)(C(N)=O)CC1. The number of hydrogen-bond acceptors (Lipinski definition) is 1. The van der Waals surface area contributed by atoms with Crippen LogP contribution in [0.3, 0.4) is 0 Å². The van der Waals surface area contributed by atoms with Crippen LogP contribution < -0.4 is 5.73 Å². The molecule has 62 valence electrons. The summed E-state index contributed by atoms with van der Waals surface area (Å²) in [6, 6.07) is 0. The Morgan fingerprint density at radius 2 is 2.36 bits per heavy atom. The molecule has 2 nitrogen and oxygen atoms in total. The molecule has 2 heteroatoms. The van der Waals surface area contributed by atoms with Crippen LogP contribution in [-0.2, 0) is 4.79 Å². The Morgan fingerprint density at radius 1 is 1.73 bits per heavy atom. The van der Waals surface area contributed by atoms with Crippen molar-refractivity contribution < 1.29 is 4.79 Å². The van der Waals surface area contributed by atoms with Gasteiger partial charge in [0.05, 0.1) is 0 Å². The zero-order chi connectivity index (χ0) is 8.48. The molecule has 1 unspecified atom stereocenters. The van der Waals surface area contributed by atoms with E-state index in [0.29, 0.717) is 0 Å². The molecule has 0 heterocycles. The average molecular weight is 153 g/mol. The number of rotatable bonds is 1. The molecule has 1 aliphatic rings. The number of allylic oxidation sites excluding steroid dienone is 2. The summed E-state index contributed by atoms with van der Waals surface area (Å²) < 4.78 is 0. The number of amides is 1. The Bertz CT molecular complexity index is 208. The number of carbonyl (C=O) groups excluding carboxylic acids is 1. The minimum Gasteiger partial charge on any atom is -0.369 e. The topological polar surface area (TPSA) is 43.1 Å². The van der Waals surface area contributed by atoms with Gasteiger partial charge in [-0.2, -0.15) is 0 Å². The van der Waals surface area contributed by atoms with Crippen molar-refractivity contribution in [1.29, 1.82) is 0 Å². The second kappa shape index (κ2) is 2.68. The molecule has 2 N–H and O–H groups in total. The molecule has 0 spiro atoms. The highest BCUT2D eigenvalue weighted by molar-refractivity contribution is 5.80. The van der Waals surface area contributed by atoms with Crippen molar-refractivity contribution in [2.24, 2.45) is 11.1 Å². The van der Waals surface area contributed by atoms with Gasteiger partial charge in [-0.15, -0.1) is 0 Å². The van der Waals surface area contributed by atoms with Gasteiger partial charge >= 0.3 is 0 Å². The Labute approximate surface area is 67.5 Å². The van der Waals surface area contributed by atoms with Crippen LogP contribution >= 0.6 is 0 Å². The first kappa shape index (κ1) is 8.31. The normalized spacial score (nSPS) is 31.3. The Balaban J connectivity index is 2.71. The Morgan fingerprint density at radius 3 is 2.73 bits per heavy atom. The largest absolute Gasteiger partial charge is 0.369 e. The Hall–Kier alpha value is -0.790. The molecule has 1 amide bonds. The van der Waals surface area contributed by atoms with Crippen molar-refractivity contribution >= 4 is 5.91 Å². The molecule has 1 aliphatic carbocycles. The van der Waals surface area contributed by atoms with Crippen molar-refractivity contribution in [3.05, 3.63) is 11.6 Å². The molecule has 0 aromatic heterocycles. The van der Waals surface area contributed by atoms with Gasteiger partial charge in [-0.1, -0.05) is 18.6 Å². The second-order valence-corrected chi connectivity index (χ2v) is 3.68. The third-order valence-corrected chi connectivity index (χ3v) is 2.57. The zero-order valence-corrected chi connectivity index (χ0v) is 7.18. The van der Waals surface area contributed by atoms with Gasteiger partial charge < -0.3 is 5.73 Å². The second-order valence-electron chi connectivity index (χ2n) is 3.68. The summed E-state index contributed by atoms with van der Waals surface area (Å²) in [6.45, 7) is 4.04. The number of hydrogen-bond donors (Lipinski definition) is 1. The minimum absolute atomic E-state index is 0.166. The molecule has 0 aromatic carbocycles. The van der Waals surface area contributed by atoms with E-state index < -0.39 is 0 Å². The van der Waals surface area contributed by atoms with Gasteiger partial charge in [0.25, 0.3) is 0 Å². The summed E-state index contributed by atoms with van der Waals surface area (Å²) in [5, 5.41) is 0. The fourth-order valence-corrected chi connectivity index (χ4v) is 1.30. The van der Waals surface area contributed by atoms with Crippen LogP contribution in [0.1, 0.15) is 33.1 Å². The first-order valence-corrected chi connectivity index (χ1v) is 4.00. The van der Waals surface area contributed by atoms with E-state index in [1.54, 1.807) is 0 Å². The van der Waals surface area contributed by atoms with Crippen molar-refractivity contribution in [2.75, 3.05) is 0 Å². The highest BCUT2D eigenvalue weighted by Crippen LogP contribution is 2.34. The van der Waals surface area contributed by atoms with Gasteiger partial charge in [-0.3, -0.25) is 4.79 Å². The quantitative estimate of drug-likeness (QED) is 0.571. The number of carbonyl (C=O) groups is 1. The molecule has 0 bridgehead atoms. The summed E-state index contributed by atoms with van der Waals surface area (Å²) in [7, 11) is 0. The fraction of sp³-hybridized carbons (Fsp3) is 0.667. The third-order valence-electron chi connectivity index (χ3n) is 2.57. The van der Waals surface area contributed by atoms with Crippen molar-refractivity contribution in [1.82, 2.24) is 0 Å². The van der Waals surface area contributed by atoms with Crippen molar-refractivity contribution in [2.45, 2.75) is 33.1 Å². The van der Waals surface area contributed by atoms with E-state index in [2.05, 4.69) is 13.0 Å². The first-order chi connectivity index (χ1) is 5.04. The van der Waals surface area contributed by atoms with E-state index in [1.807, 2.05) is 6.92 Å².